The maximum atomic E-state index is 12.7. The Labute approximate surface area is 147 Å². The van der Waals surface area contributed by atoms with Crippen molar-refractivity contribution in [2.45, 2.75) is 45.3 Å². The van der Waals surface area contributed by atoms with E-state index in [4.69, 9.17) is 9.47 Å². The van der Waals surface area contributed by atoms with E-state index in [1.165, 1.54) is 0 Å². The number of esters is 1. The van der Waals surface area contributed by atoms with Gasteiger partial charge in [-0.1, -0.05) is 25.0 Å². The number of urea groups is 1. The normalized spacial score (nSPS) is 20.9. The molecule has 0 saturated heterocycles. The number of amides is 2. The van der Waals surface area contributed by atoms with Crippen molar-refractivity contribution in [1.29, 1.82) is 0 Å². The summed E-state index contributed by atoms with van der Waals surface area (Å²) in [5.41, 5.74) is 2.01. The van der Waals surface area contributed by atoms with Gasteiger partial charge in [0, 0.05) is 5.70 Å². The van der Waals surface area contributed by atoms with Crippen LogP contribution in [0.4, 0.5) is 4.79 Å². The molecule has 1 saturated carbocycles. The zero-order valence-electron chi connectivity index (χ0n) is 14.6. The van der Waals surface area contributed by atoms with Crippen molar-refractivity contribution >= 4 is 12.0 Å². The number of rotatable bonds is 5. The Morgan fingerprint density at radius 2 is 1.88 bits per heavy atom. The van der Waals surface area contributed by atoms with Crippen molar-refractivity contribution in [2.24, 2.45) is 5.92 Å². The highest BCUT2D eigenvalue weighted by molar-refractivity contribution is 5.94. The Balaban J connectivity index is 1.70. The molecule has 6 nitrogen and oxygen atoms in total. The number of ether oxygens (including phenoxy) is 2. The van der Waals surface area contributed by atoms with Gasteiger partial charge in [-0.25, -0.2) is 9.59 Å². The lowest BCUT2D eigenvalue weighted by atomic mass is 9.89. The van der Waals surface area contributed by atoms with Crippen molar-refractivity contribution in [3.63, 3.8) is 0 Å². The molecule has 2 N–H and O–H groups in total. The summed E-state index contributed by atoms with van der Waals surface area (Å²) in [6.45, 7) is 1.94. The van der Waals surface area contributed by atoms with E-state index >= 15 is 0 Å². The minimum absolute atomic E-state index is 0.185. The van der Waals surface area contributed by atoms with E-state index < -0.39 is 0 Å². The SMILES string of the molecule is COc1ccc(COC(=O)C2=C(C)NC(=O)NC2C2CCCC2)cc1. The molecule has 0 spiro atoms. The highest BCUT2D eigenvalue weighted by atomic mass is 16.5. The van der Waals surface area contributed by atoms with Crippen LogP contribution in [0, 0.1) is 5.92 Å². The fourth-order valence-electron chi connectivity index (χ4n) is 3.59. The van der Waals surface area contributed by atoms with Crippen LogP contribution in [0.2, 0.25) is 0 Å². The number of nitrogens with one attached hydrogen (secondary N) is 2. The number of hydrogen-bond acceptors (Lipinski definition) is 4. The summed E-state index contributed by atoms with van der Waals surface area (Å²) in [7, 11) is 1.61. The third-order valence-corrected chi connectivity index (χ3v) is 4.92. The standard InChI is InChI=1S/C19H24N2O4/c1-12-16(17(21-19(23)20-12)14-5-3-4-6-14)18(22)25-11-13-7-9-15(24-2)10-8-13/h7-10,14,17H,3-6,11H2,1-2H3,(H2,20,21,23). The van der Waals surface area contributed by atoms with Crippen molar-refractivity contribution in [3.05, 3.63) is 41.1 Å². The summed E-state index contributed by atoms with van der Waals surface area (Å²) in [5, 5.41) is 5.60. The molecule has 3 rings (SSSR count). The van der Waals surface area contributed by atoms with Gasteiger partial charge in [-0.3, -0.25) is 0 Å². The number of benzene rings is 1. The highest BCUT2D eigenvalue weighted by Crippen LogP contribution is 2.33. The average molecular weight is 344 g/mol. The largest absolute Gasteiger partial charge is 0.497 e. The van der Waals surface area contributed by atoms with Crippen molar-refractivity contribution in [1.82, 2.24) is 10.6 Å². The second-order valence-corrected chi connectivity index (χ2v) is 6.58. The highest BCUT2D eigenvalue weighted by Gasteiger charge is 2.37. The van der Waals surface area contributed by atoms with Gasteiger partial charge in [0.15, 0.2) is 0 Å². The van der Waals surface area contributed by atoms with Crippen LogP contribution in [0.3, 0.4) is 0 Å². The number of hydrogen-bond donors (Lipinski definition) is 2. The van der Waals surface area contributed by atoms with Crippen molar-refractivity contribution in [2.75, 3.05) is 7.11 Å². The predicted molar refractivity (Wildman–Crippen MR) is 92.9 cm³/mol. The molecular weight excluding hydrogens is 320 g/mol. The van der Waals surface area contributed by atoms with Gasteiger partial charge in [0.25, 0.3) is 0 Å². The fraction of sp³-hybridized carbons (Fsp3) is 0.474. The predicted octanol–water partition coefficient (Wildman–Crippen LogP) is 2.88. The zero-order chi connectivity index (χ0) is 17.8. The first-order chi connectivity index (χ1) is 12.1. The van der Waals surface area contributed by atoms with Gasteiger partial charge < -0.3 is 20.1 Å². The van der Waals surface area contributed by atoms with Gasteiger partial charge >= 0.3 is 12.0 Å². The van der Waals surface area contributed by atoms with Crippen molar-refractivity contribution in [3.8, 4) is 5.75 Å². The number of carbonyl (C=O) groups is 2. The molecule has 25 heavy (non-hydrogen) atoms. The molecule has 1 heterocycles. The quantitative estimate of drug-likeness (QED) is 0.805. The first-order valence-corrected chi connectivity index (χ1v) is 8.67. The van der Waals surface area contributed by atoms with Crippen LogP contribution in [0.15, 0.2) is 35.5 Å². The summed E-state index contributed by atoms with van der Waals surface area (Å²) < 4.78 is 10.6. The van der Waals surface area contributed by atoms with E-state index in [9.17, 15) is 9.59 Å². The van der Waals surface area contributed by atoms with Crippen LogP contribution in [0.25, 0.3) is 0 Å². The molecule has 1 unspecified atom stereocenters. The summed E-state index contributed by atoms with van der Waals surface area (Å²) >= 11 is 0. The number of carbonyl (C=O) groups excluding carboxylic acids is 2. The molecule has 1 atom stereocenters. The second-order valence-electron chi connectivity index (χ2n) is 6.58. The second kappa shape index (κ2) is 7.59. The van der Waals surface area contributed by atoms with Crippen LogP contribution in [0.1, 0.15) is 38.2 Å². The monoisotopic (exact) mass is 344 g/mol. The third-order valence-electron chi connectivity index (χ3n) is 4.92. The van der Waals surface area contributed by atoms with E-state index in [-0.39, 0.29) is 24.6 Å². The van der Waals surface area contributed by atoms with E-state index in [1.54, 1.807) is 14.0 Å². The van der Waals surface area contributed by atoms with Gasteiger partial charge in [0.05, 0.1) is 18.7 Å². The molecule has 0 radical (unpaired) electrons. The Kier molecular flexibility index (Phi) is 5.26. The molecule has 0 aromatic heterocycles. The first-order valence-electron chi connectivity index (χ1n) is 8.67. The lowest BCUT2D eigenvalue weighted by molar-refractivity contribution is -0.141. The third kappa shape index (κ3) is 3.95. The minimum Gasteiger partial charge on any atom is -0.497 e. The Morgan fingerprint density at radius 3 is 2.52 bits per heavy atom. The molecule has 1 fully saturated rings. The van der Waals surface area contributed by atoms with Crippen LogP contribution in [-0.2, 0) is 16.1 Å². The molecule has 0 bridgehead atoms. The van der Waals surface area contributed by atoms with Crippen LogP contribution in [-0.4, -0.2) is 25.2 Å². The Hall–Kier alpha value is -2.50. The van der Waals surface area contributed by atoms with E-state index in [2.05, 4.69) is 10.6 Å². The van der Waals surface area contributed by atoms with Gasteiger partial charge in [-0.05, 0) is 43.4 Å². The summed E-state index contributed by atoms with van der Waals surface area (Å²) in [6.07, 6.45) is 4.32. The molecule has 2 amide bonds. The van der Waals surface area contributed by atoms with Gasteiger partial charge in [0.2, 0.25) is 0 Å². The summed E-state index contributed by atoms with van der Waals surface area (Å²) in [4.78, 5) is 24.5. The summed E-state index contributed by atoms with van der Waals surface area (Å²) in [5.74, 6) is 0.677. The maximum Gasteiger partial charge on any atom is 0.338 e. The smallest absolute Gasteiger partial charge is 0.338 e. The minimum atomic E-state index is -0.377. The van der Waals surface area contributed by atoms with E-state index in [0.29, 0.717) is 17.2 Å². The van der Waals surface area contributed by atoms with E-state index in [0.717, 1.165) is 37.0 Å². The molecule has 134 valence electrons. The van der Waals surface area contributed by atoms with E-state index in [1.807, 2.05) is 24.3 Å². The van der Waals surface area contributed by atoms with Crippen LogP contribution >= 0.6 is 0 Å². The molecule has 1 aliphatic carbocycles. The van der Waals surface area contributed by atoms with Crippen molar-refractivity contribution < 1.29 is 19.1 Å². The zero-order valence-corrected chi connectivity index (χ0v) is 14.6. The molecule has 1 aliphatic heterocycles. The lowest BCUT2D eigenvalue weighted by Gasteiger charge is -2.31. The van der Waals surface area contributed by atoms with Gasteiger partial charge in [0.1, 0.15) is 12.4 Å². The fourth-order valence-corrected chi connectivity index (χ4v) is 3.59. The molecule has 2 aliphatic rings. The average Bonchev–Trinajstić information content (AvgIpc) is 3.14. The Morgan fingerprint density at radius 1 is 1.20 bits per heavy atom. The lowest BCUT2D eigenvalue weighted by Crippen LogP contribution is -2.52. The van der Waals surface area contributed by atoms with Gasteiger partial charge in [-0.15, -0.1) is 0 Å². The number of methoxy groups -OCH3 is 1. The van der Waals surface area contributed by atoms with Gasteiger partial charge in [-0.2, -0.15) is 0 Å². The molecule has 1 aromatic carbocycles. The number of allylic oxidation sites excluding steroid dienone is 1. The molecular formula is C19H24N2O4. The maximum absolute atomic E-state index is 12.7. The van der Waals surface area contributed by atoms with Crippen LogP contribution in [0.5, 0.6) is 5.75 Å². The Bertz CT molecular complexity index is 675. The summed E-state index contributed by atoms with van der Waals surface area (Å²) in [6, 6.07) is 6.88. The molecule has 6 heteroatoms. The first kappa shape index (κ1) is 17.3. The topological polar surface area (TPSA) is 76.7 Å². The molecule has 1 aromatic rings. The van der Waals surface area contributed by atoms with Crippen LogP contribution < -0.4 is 15.4 Å².